The Labute approximate surface area is 91.7 Å². The summed E-state index contributed by atoms with van der Waals surface area (Å²) in [7, 11) is 0. The first-order valence-corrected chi connectivity index (χ1v) is 5.38. The van der Waals surface area contributed by atoms with Crippen LogP contribution in [0.25, 0.3) is 0 Å². The summed E-state index contributed by atoms with van der Waals surface area (Å²) in [6, 6.07) is 0. The third kappa shape index (κ3) is 2.57. The fourth-order valence-electron chi connectivity index (χ4n) is 1.97. The molecular weight excluding hydrogens is 188 g/mol. The number of allylic oxidation sites excluding steroid dienone is 3. The molecular formula is C13H20O2. The lowest BCUT2D eigenvalue weighted by Crippen LogP contribution is -2.38. The predicted molar refractivity (Wildman–Crippen MR) is 61.5 cm³/mol. The SMILES string of the molecule is C[C@@H](O)/C=C/[C@@]1(C)C=CCC(C)(C)C1=O. The molecule has 0 fully saturated rings. The largest absolute Gasteiger partial charge is 0.389 e. The van der Waals surface area contributed by atoms with Crippen molar-refractivity contribution in [2.45, 2.75) is 40.2 Å². The third-order valence-electron chi connectivity index (χ3n) is 2.92. The maximum Gasteiger partial charge on any atom is 0.152 e. The third-order valence-corrected chi connectivity index (χ3v) is 2.92. The van der Waals surface area contributed by atoms with Crippen LogP contribution in [-0.2, 0) is 4.79 Å². The van der Waals surface area contributed by atoms with Gasteiger partial charge >= 0.3 is 0 Å². The van der Waals surface area contributed by atoms with E-state index in [1.807, 2.05) is 32.9 Å². The molecule has 2 atom stereocenters. The molecule has 0 saturated heterocycles. The monoisotopic (exact) mass is 208 g/mol. The summed E-state index contributed by atoms with van der Waals surface area (Å²) in [6.07, 6.45) is 7.74. The van der Waals surface area contributed by atoms with Crippen LogP contribution < -0.4 is 0 Å². The summed E-state index contributed by atoms with van der Waals surface area (Å²) < 4.78 is 0. The highest BCUT2D eigenvalue weighted by molar-refractivity contribution is 5.93. The van der Waals surface area contributed by atoms with Gasteiger partial charge in [-0.2, -0.15) is 0 Å². The summed E-state index contributed by atoms with van der Waals surface area (Å²) in [4.78, 5) is 12.2. The van der Waals surface area contributed by atoms with Gasteiger partial charge in [-0.05, 0) is 20.3 Å². The zero-order chi connectivity index (χ0) is 11.7. The van der Waals surface area contributed by atoms with E-state index >= 15 is 0 Å². The van der Waals surface area contributed by atoms with E-state index in [1.54, 1.807) is 19.1 Å². The molecule has 1 rings (SSSR count). The standard InChI is InChI=1S/C13H20O2/c1-10(14)6-9-13(4)8-5-7-12(2,3)11(13)15/h5-6,8-10,14H,7H2,1-4H3/b9-6+/t10-,13-/m1/s1. The summed E-state index contributed by atoms with van der Waals surface area (Å²) in [5.74, 6) is 0.217. The molecule has 2 nitrogen and oxygen atoms in total. The van der Waals surface area contributed by atoms with Gasteiger partial charge in [0.25, 0.3) is 0 Å². The molecule has 84 valence electrons. The van der Waals surface area contributed by atoms with Crippen LogP contribution in [0.5, 0.6) is 0 Å². The first-order chi connectivity index (χ1) is 6.78. The molecule has 0 heterocycles. The van der Waals surface area contributed by atoms with Crippen LogP contribution in [-0.4, -0.2) is 17.0 Å². The molecule has 0 aromatic heterocycles. The fourth-order valence-corrected chi connectivity index (χ4v) is 1.97. The highest BCUT2D eigenvalue weighted by Crippen LogP contribution is 2.39. The van der Waals surface area contributed by atoms with Gasteiger partial charge in [0.2, 0.25) is 0 Å². The first-order valence-electron chi connectivity index (χ1n) is 5.38. The first kappa shape index (κ1) is 12.2. The van der Waals surface area contributed by atoms with Gasteiger partial charge in [0.1, 0.15) is 0 Å². The second kappa shape index (κ2) is 3.93. The quantitative estimate of drug-likeness (QED) is 0.708. The van der Waals surface area contributed by atoms with E-state index in [-0.39, 0.29) is 11.2 Å². The number of ketones is 1. The van der Waals surface area contributed by atoms with Crippen LogP contribution in [0.1, 0.15) is 34.1 Å². The average Bonchev–Trinajstić information content (AvgIpc) is 2.11. The van der Waals surface area contributed by atoms with E-state index in [0.717, 1.165) is 6.42 Å². The molecule has 1 aliphatic carbocycles. The van der Waals surface area contributed by atoms with E-state index in [9.17, 15) is 9.90 Å². The van der Waals surface area contributed by atoms with Crippen LogP contribution in [0.4, 0.5) is 0 Å². The van der Waals surface area contributed by atoms with E-state index < -0.39 is 11.5 Å². The van der Waals surface area contributed by atoms with Gasteiger partial charge in [-0.25, -0.2) is 0 Å². The van der Waals surface area contributed by atoms with Crippen molar-refractivity contribution in [3.05, 3.63) is 24.3 Å². The Hall–Kier alpha value is -0.890. The molecule has 0 amide bonds. The number of carbonyl (C=O) groups is 1. The Morgan fingerprint density at radius 2 is 2.07 bits per heavy atom. The average molecular weight is 208 g/mol. The van der Waals surface area contributed by atoms with Gasteiger partial charge in [0.15, 0.2) is 5.78 Å². The molecule has 0 radical (unpaired) electrons. The lowest BCUT2D eigenvalue weighted by molar-refractivity contribution is -0.132. The molecule has 0 bridgehead atoms. The van der Waals surface area contributed by atoms with E-state index in [2.05, 4.69) is 0 Å². The molecule has 15 heavy (non-hydrogen) atoms. The molecule has 0 unspecified atom stereocenters. The molecule has 0 aromatic carbocycles. The van der Waals surface area contributed by atoms with Crippen LogP contribution in [0, 0.1) is 10.8 Å². The second-order valence-electron chi connectivity index (χ2n) is 5.20. The normalized spacial score (nSPS) is 32.2. The van der Waals surface area contributed by atoms with Crippen molar-refractivity contribution in [3.63, 3.8) is 0 Å². The Bertz CT molecular complexity index is 310. The van der Waals surface area contributed by atoms with Crippen molar-refractivity contribution in [1.82, 2.24) is 0 Å². The van der Waals surface area contributed by atoms with E-state index in [0.29, 0.717) is 0 Å². The minimum absolute atomic E-state index is 0.217. The topological polar surface area (TPSA) is 37.3 Å². The molecule has 1 N–H and O–H groups in total. The maximum absolute atomic E-state index is 12.2. The van der Waals surface area contributed by atoms with E-state index in [4.69, 9.17) is 0 Å². The summed E-state index contributed by atoms with van der Waals surface area (Å²) in [6.45, 7) is 7.51. The Kier molecular flexibility index (Phi) is 3.19. The summed E-state index contributed by atoms with van der Waals surface area (Å²) >= 11 is 0. The number of hydrogen-bond donors (Lipinski definition) is 1. The zero-order valence-corrected chi connectivity index (χ0v) is 9.95. The predicted octanol–water partition coefficient (Wildman–Crippen LogP) is 2.48. The van der Waals surface area contributed by atoms with Gasteiger partial charge in [-0.15, -0.1) is 0 Å². The van der Waals surface area contributed by atoms with Crippen LogP contribution in [0.2, 0.25) is 0 Å². The Balaban J connectivity index is 2.98. The van der Waals surface area contributed by atoms with Gasteiger partial charge in [0.05, 0.1) is 11.5 Å². The van der Waals surface area contributed by atoms with Gasteiger partial charge in [-0.1, -0.05) is 38.2 Å². The minimum Gasteiger partial charge on any atom is -0.389 e. The summed E-state index contributed by atoms with van der Waals surface area (Å²) in [5, 5.41) is 9.19. The van der Waals surface area contributed by atoms with Crippen LogP contribution >= 0.6 is 0 Å². The van der Waals surface area contributed by atoms with Crippen molar-refractivity contribution in [2.75, 3.05) is 0 Å². The van der Waals surface area contributed by atoms with Crippen molar-refractivity contribution < 1.29 is 9.90 Å². The Morgan fingerprint density at radius 1 is 1.47 bits per heavy atom. The molecule has 2 heteroatoms. The number of rotatable bonds is 2. The number of hydrogen-bond acceptors (Lipinski definition) is 2. The molecule has 0 aromatic rings. The second-order valence-corrected chi connectivity index (χ2v) is 5.20. The number of carbonyl (C=O) groups excluding carboxylic acids is 1. The van der Waals surface area contributed by atoms with Crippen molar-refractivity contribution in [3.8, 4) is 0 Å². The number of Topliss-reactive ketones (excluding diaryl/α,β-unsaturated/α-hetero) is 1. The smallest absolute Gasteiger partial charge is 0.152 e. The highest BCUT2D eigenvalue weighted by atomic mass is 16.3. The minimum atomic E-state index is -0.557. The molecule has 0 aliphatic heterocycles. The van der Waals surface area contributed by atoms with Crippen molar-refractivity contribution >= 4 is 5.78 Å². The molecule has 1 aliphatic rings. The lowest BCUT2D eigenvalue weighted by atomic mass is 9.67. The maximum atomic E-state index is 12.2. The van der Waals surface area contributed by atoms with Gasteiger partial charge in [-0.3, -0.25) is 4.79 Å². The van der Waals surface area contributed by atoms with Crippen molar-refractivity contribution in [2.24, 2.45) is 10.8 Å². The fraction of sp³-hybridized carbons (Fsp3) is 0.615. The van der Waals surface area contributed by atoms with Gasteiger partial charge < -0.3 is 5.11 Å². The number of aliphatic hydroxyl groups excluding tert-OH is 1. The van der Waals surface area contributed by atoms with Gasteiger partial charge in [0, 0.05) is 5.41 Å². The highest BCUT2D eigenvalue weighted by Gasteiger charge is 2.40. The van der Waals surface area contributed by atoms with Crippen LogP contribution in [0.15, 0.2) is 24.3 Å². The summed E-state index contributed by atoms with van der Waals surface area (Å²) in [5.41, 5.74) is -0.856. The molecule has 0 saturated carbocycles. The van der Waals surface area contributed by atoms with Crippen LogP contribution in [0.3, 0.4) is 0 Å². The van der Waals surface area contributed by atoms with E-state index in [1.165, 1.54) is 0 Å². The number of aliphatic hydroxyl groups is 1. The van der Waals surface area contributed by atoms with Crippen molar-refractivity contribution in [1.29, 1.82) is 0 Å². The molecule has 0 spiro atoms. The Morgan fingerprint density at radius 3 is 2.60 bits per heavy atom. The lowest BCUT2D eigenvalue weighted by Gasteiger charge is -2.35. The zero-order valence-electron chi connectivity index (χ0n) is 9.95.